The summed E-state index contributed by atoms with van der Waals surface area (Å²) in [6, 6.07) is 28.7. The average molecular weight is 367 g/mol. The molecule has 0 amide bonds. The van der Waals surface area contributed by atoms with Crippen LogP contribution >= 0.6 is 0 Å². The van der Waals surface area contributed by atoms with E-state index in [4.69, 9.17) is 0 Å². The lowest BCUT2D eigenvalue weighted by atomic mass is 9.82. The standard InChI is InChI=1S/C26H25NO/c1-19(16-20-10-4-2-5-11-20)17-23(21-12-6-3-7-13-21)26(28)24-18-27-25-15-9-8-14-22(24)25/h2-15,18-19,23,27H,16-17H2,1H3/t19?,23-/m0/s1. The minimum atomic E-state index is -0.140. The van der Waals surface area contributed by atoms with Crippen molar-refractivity contribution in [3.63, 3.8) is 0 Å². The zero-order valence-electron chi connectivity index (χ0n) is 16.1. The maximum absolute atomic E-state index is 13.6. The van der Waals surface area contributed by atoms with Gasteiger partial charge in [0.05, 0.1) is 0 Å². The van der Waals surface area contributed by atoms with Crippen molar-refractivity contribution >= 4 is 16.7 Å². The molecule has 1 aromatic heterocycles. The van der Waals surface area contributed by atoms with Crippen LogP contribution in [0.3, 0.4) is 0 Å². The van der Waals surface area contributed by atoms with Crippen LogP contribution in [-0.4, -0.2) is 10.8 Å². The number of aromatic amines is 1. The lowest BCUT2D eigenvalue weighted by molar-refractivity contribution is 0.0949. The molecule has 0 saturated heterocycles. The number of hydrogen-bond donors (Lipinski definition) is 1. The van der Waals surface area contributed by atoms with E-state index in [0.717, 1.165) is 34.9 Å². The number of carbonyl (C=O) groups is 1. The summed E-state index contributed by atoms with van der Waals surface area (Å²) in [6.45, 7) is 2.24. The van der Waals surface area contributed by atoms with Crippen LogP contribution in [-0.2, 0) is 6.42 Å². The minimum Gasteiger partial charge on any atom is -0.360 e. The number of nitrogens with one attached hydrogen (secondary N) is 1. The van der Waals surface area contributed by atoms with Crippen LogP contribution in [0.5, 0.6) is 0 Å². The molecule has 140 valence electrons. The van der Waals surface area contributed by atoms with Gasteiger partial charge in [0.15, 0.2) is 5.78 Å². The fourth-order valence-electron chi connectivity index (χ4n) is 4.05. The van der Waals surface area contributed by atoms with Crippen molar-refractivity contribution in [3.8, 4) is 0 Å². The first kappa shape index (κ1) is 18.2. The highest BCUT2D eigenvalue weighted by Gasteiger charge is 2.26. The predicted octanol–water partition coefficient (Wildman–Crippen LogP) is 6.40. The normalized spacial score (nSPS) is 13.3. The SMILES string of the molecule is CC(Cc1ccccc1)C[C@H](C(=O)c1c[nH]c2ccccc12)c1ccccc1. The number of aromatic nitrogens is 1. The Morgan fingerprint density at radius 1 is 0.857 bits per heavy atom. The van der Waals surface area contributed by atoms with Gasteiger partial charge in [-0.15, -0.1) is 0 Å². The van der Waals surface area contributed by atoms with Gasteiger partial charge in [0.2, 0.25) is 0 Å². The minimum absolute atomic E-state index is 0.140. The van der Waals surface area contributed by atoms with Gasteiger partial charge in [-0.05, 0) is 36.0 Å². The van der Waals surface area contributed by atoms with Crippen LogP contribution in [0.1, 0.15) is 40.7 Å². The number of ketones is 1. The van der Waals surface area contributed by atoms with Gasteiger partial charge in [0.1, 0.15) is 0 Å². The average Bonchev–Trinajstić information content (AvgIpc) is 3.17. The highest BCUT2D eigenvalue weighted by atomic mass is 16.1. The van der Waals surface area contributed by atoms with E-state index in [1.807, 2.05) is 54.7 Å². The van der Waals surface area contributed by atoms with Crippen molar-refractivity contribution in [1.82, 2.24) is 4.98 Å². The number of H-pyrrole nitrogens is 1. The molecule has 0 aliphatic heterocycles. The van der Waals surface area contributed by atoms with Crippen molar-refractivity contribution < 1.29 is 4.79 Å². The quantitative estimate of drug-likeness (QED) is 0.376. The lowest BCUT2D eigenvalue weighted by Gasteiger charge is -2.21. The Hall–Kier alpha value is -3.13. The van der Waals surface area contributed by atoms with E-state index in [9.17, 15) is 4.79 Å². The van der Waals surface area contributed by atoms with E-state index in [-0.39, 0.29) is 11.7 Å². The van der Waals surface area contributed by atoms with Crippen molar-refractivity contribution in [3.05, 3.63) is 108 Å². The molecule has 1 N–H and O–H groups in total. The van der Waals surface area contributed by atoms with E-state index >= 15 is 0 Å². The molecule has 0 aliphatic carbocycles. The fraction of sp³-hybridized carbons (Fsp3) is 0.192. The van der Waals surface area contributed by atoms with Crippen LogP contribution in [0.15, 0.2) is 91.1 Å². The number of hydrogen-bond acceptors (Lipinski definition) is 1. The maximum atomic E-state index is 13.6. The van der Waals surface area contributed by atoms with Gasteiger partial charge in [-0.25, -0.2) is 0 Å². The number of para-hydroxylation sites is 1. The van der Waals surface area contributed by atoms with Gasteiger partial charge in [-0.3, -0.25) is 4.79 Å². The molecule has 28 heavy (non-hydrogen) atoms. The van der Waals surface area contributed by atoms with E-state index in [1.165, 1.54) is 5.56 Å². The summed E-state index contributed by atoms with van der Waals surface area (Å²) < 4.78 is 0. The van der Waals surface area contributed by atoms with Crippen molar-refractivity contribution in [2.24, 2.45) is 5.92 Å². The zero-order chi connectivity index (χ0) is 19.3. The Morgan fingerprint density at radius 3 is 2.25 bits per heavy atom. The summed E-state index contributed by atoms with van der Waals surface area (Å²) in [5.41, 5.74) is 4.21. The molecule has 4 rings (SSSR count). The molecule has 0 radical (unpaired) electrons. The predicted molar refractivity (Wildman–Crippen MR) is 116 cm³/mol. The molecule has 0 fully saturated rings. The van der Waals surface area contributed by atoms with Gasteiger partial charge in [0, 0.05) is 28.6 Å². The highest BCUT2D eigenvalue weighted by molar-refractivity contribution is 6.10. The molecule has 2 nitrogen and oxygen atoms in total. The summed E-state index contributed by atoms with van der Waals surface area (Å²) in [7, 11) is 0. The first-order valence-corrected chi connectivity index (χ1v) is 9.91. The number of rotatable bonds is 7. The Labute approximate surface area is 166 Å². The molecule has 2 heteroatoms. The molecule has 4 aromatic rings. The smallest absolute Gasteiger partial charge is 0.172 e. The van der Waals surface area contributed by atoms with E-state index in [1.54, 1.807) is 0 Å². The number of carbonyl (C=O) groups excluding carboxylic acids is 1. The monoisotopic (exact) mass is 367 g/mol. The molecule has 3 aromatic carbocycles. The van der Waals surface area contributed by atoms with Crippen molar-refractivity contribution in [2.45, 2.75) is 25.7 Å². The Kier molecular flexibility index (Phi) is 5.38. The molecule has 1 heterocycles. The second kappa shape index (κ2) is 8.26. The van der Waals surface area contributed by atoms with Gasteiger partial charge >= 0.3 is 0 Å². The van der Waals surface area contributed by atoms with Crippen LogP contribution in [0.25, 0.3) is 10.9 Å². The third-order valence-corrected chi connectivity index (χ3v) is 5.44. The Balaban J connectivity index is 1.63. The molecule has 1 unspecified atom stereocenters. The Morgan fingerprint density at radius 2 is 1.50 bits per heavy atom. The van der Waals surface area contributed by atoms with Gasteiger partial charge in [0.25, 0.3) is 0 Å². The second-order valence-corrected chi connectivity index (χ2v) is 7.61. The lowest BCUT2D eigenvalue weighted by Crippen LogP contribution is -2.17. The van der Waals surface area contributed by atoms with Crippen LogP contribution in [0.4, 0.5) is 0 Å². The van der Waals surface area contributed by atoms with E-state index < -0.39 is 0 Å². The molecule has 0 saturated carbocycles. The topological polar surface area (TPSA) is 32.9 Å². The van der Waals surface area contributed by atoms with Crippen LogP contribution in [0, 0.1) is 5.92 Å². The van der Waals surface area contributed by atoms with Gasteiger partial charge < -0.3 is 4.98 Å². The van der Waals surface area contributed by atoms with E-state index in [0.29, 0.717) is 5.92 Å². The summed E-state index contributed by atoms with van der Waals surface area (Å²) >= 11 is 0. The van der Waals surface area contributed by atoms with Gasteiger partial charge in [-0.2, -0.15) is 0 Å². The van der Waals surface area contributed by atoms with Crippen LogP contribution in [0.2, 0.25) is 0 Å². The molecule has 0 aliphatic rings. The second-order valence-electron chi connectivity index (χ2n) is 7.61. The first-order valence-electron chi connectivity index (χ1n) is 9.91. The first-order chi connectivity index (χ1) is 13.7. The number of Topliss-reactive ketones (excluding diaryl/α,β-unsaturated/α-hetero) is 1. The summed E-state index contributed by atoms with van der Waals surface area (Å²) in [5.74, 6) is 0.462. The zero-order valence-corrected chi connectivity index (χ0v) is 16.1. The van der Waals surface area contributed by atoms with E-state index in [2.05, 4.69) is 48.3 Å². The molecule has 0 spiro atoms. The molecule has 2 atom stereocenters. The Bertz CT molecular complexity index is 1050. The summed E-state index contributed by atoms with van der Waals surface area (Å²) in [4.78, 5) is 16.8. The fourth-order valence-corrected chi connectivity index (χ4v) is 4.05. The third kappa shape index (κ3) is 3.91. The van der Waals surface area contributed by atoms with Gasteiger partial charge in [-0.1, -0.05) is 85.8 Å². The largest absolute Gasteiger partial charge is 0.360 e. The number of benzene rings is 3. The maximum Gasteiger partial charge on any atom is 0.172 e. The van der Waals surface area contributed by atoms with Crippen LogP contribution < -0.4 is 0 Å². The summed E-state index contributed by atoms with van der Waals surface area (Å²) in [5, 5.41) is 1.00. The summed E-state index contributed by atoms with van der Waals surface area (Å²) in [6.07, 6.45) is 3.67. The van der Waals surface area contributed by atoms with Crippen molar-refractivity contribution in [2.75, 3.05) is 0 Å². The van der Waals surface area contributed by atoms with Crippen molar-refractivity contribution in [1.29, 1.82) is 0 Å². The third-order valence-electron chi connectivity index (χ3n) is 5.44. The molecular weight excluding hydrogens is 342 g/mol. The highest BCUT2D eigenvalue weighted by Crippen LogP contribution is 2.31. The number of fused-ring (bicyclic) bond motifs is 1. The molecular formula is C26H25NO. The molecule has 0 bridgehead atoms.